The lowest BCUT2D eigenvalue weighted by molar-refractivity contribution is 0.0344. The summed E-state index contributed by atoms with van der Waals surface area (Å²) >= 11 is 3.35. The molecule has 0 spiro atoms. The van der Waals surface area contributed by atoms with Gasteiger partial charge in [-0.1, -0.05) is 6.07 Å². The van der Waals surface area contributed by atoms with E-state index in [0.29, 0.717) is 12.1 Å². The molecule has 0 aliphatic heterocycles. The Morgan fingerprint density at radius 3 is 2.75 bits per heavy atom. The van der Waals surface area contributed by atoms with Crippen molar-refractivity contribution in [3.63, 3.8) is 0 Å². The second-order valence-electron chi connectivity index (χ2n) is 4.09. The molecular formula is C12H15BrN2O. The minimum atomic E-state index is -0.255. The van der Waals surface area contributed by atoms with E-state index in [4.69, 9.17) is 10.00 Å². The number of ether oxygens (including phenoxy) is 1. The van der Waals surface area contributed by atoms with Crippen LogP contribution in [0.25, 0.3) is 0 Å². The number of halogens is 1. The van der Waals surface area contributed by atoms with Crippen molar-refractivity contribution in [1.82, 2.24) is 0 Å². The number of nitrogens with zero attached hydrogens (tertiary/aromatic N) is 1. The van der Waals surface area contributed by atoms with E-state index >= 15 is 0 Å². The van der Waals surface area contributed by atoms with Gasteiger partial charge in [0.25, 0.3) is 0 Å². The number of anilines is 1. The SMILES string of the molecule is COC(C)(C)CNc1cccc(Br)c1C#N. The molecule has 0 bridgehead atoms. The van der Waals surface area contributed by atoms with E-state index < -0.39 is 0 Å². The van der Waals surface area contributed by atoms with Gasteiger partial charge in [-0.15, -0.1) is 0 Å². The number of nitriles is 1. The third-order valence-corrected chi connectivity index (χ3v) is 3.04. The van der Waals surface area contributed by atoms with E-state index in [0.717, 1.165) is 10.2 Å². The van der Waals surface area contributed by atoms with Crippen molar-refractivity contribution >= 4 is 21.6 Å². The molecular weight excluding hydrogens is 268 g/mol. The Labute approximate surface area is 105 Å². The molecule has 0 aromatic heterocycles. The zero-order valence-corrected chi connectivity index (χ0v) is 11.3. The first-order chi connectivity index (χ1) is 7.50. The molecule has 0 amide bonds. The van der Waals surface area contributed by atoms with Gasteiger partial charge in [0.05, 0.1) is 16.9 Å². The van der Waals surface area contributed by atoms with Crippen molar-refractivity contribution < 1.29 is 4.74 Å². The molecule has 1 aromatic carbocycles. The molecule has 1 aromatic rings. The Kier molecular flexibility index (Phi) is 4.34. The standard InChI is InChI=1S/C12H15BrN2O/c1-12(2,16-3)8-15-11-6-4-5-10(13)9(11)7-14/h4-6,15H,8H2,1-3H3. The van der Waals surface area contributed by atoms with Crippen LogP contribution in [-0.4, -0.2) is 19.3 Å². The third kappa shape index (κ3) is 3.22. The van der Waals surface area contributed by atoms with Gasteiger partial charge in [0.15, 0.2) is 0 Å². The molecule has 0 saturated carbocycles. The zero-order chi connectivity index (χ0) is 12.2. The van der Waals surface area contributed by atoms with E-state index in [1.807, 2.05) is 32.0 Å². The van der Waals surface area contributed by atoms with Crippen molar-refractivity contribution in [2.75, 3.05) is 19.0 Å². The lowest BCUT2D eigenvalue weighted by Gasteiger charge is -2.24. The number of hydrogen-bond acceptors (Lipinski definition) is 3. The van der Waals surface area contributed by atoms with Crippen LogP contribution in [0.3, 0.4) is 0 Å². The Hall–Kier alpha value is -1.05. The van der Waals surface area contributed by atoms with Crippen LogP contribution in [0.5, 0.6) is 0 Å². The highest BCUT2D eigenvalue weighted by atomic mass is 79.9. The van der Waals surface area contributed by atoms with Gasteiger partial charge in [-0.2, -0.15) is 5.26 Å². The summed E-state index contributed by atoms with van der Waals surface area (Å²) in [5.41, 5.74) is 1.19. The van der Waals surface area contributed by atoms with E-state index in [9.17, 15) is 0 Å². The molecule has 1 N–H and O–H groups in total. The fourth-order valence-electron chi connectivity index (χ4n) is 1.17. The molecule has 4 heteroatoms. The summed E-state index contributed by atoms with van der Waals surface area (Å²) in [7, 11) is 1.67. The summed E-state index contributed by atoms with van der Waals surface area (Å²) in [5.74, 6) is 0. The van der Waals surface area contributed by atoms with E-state index in [-0.39, 0.29) is 5.60 Å². The van der Waals surface area contributed by atoms with Crippen molar-refractivity contribution in [2.45, 2.75) is 19.4 Å². The monoisotopic (exact) mass is 282 g/mol. The molecule has 86 valence electrons. The molecule has 0 aliphatic carbocycles. The van der Waals surface area contributed by atoms with Crippen LogP contribution in [0, 0.1) is 11.3 Å². The molecule has 0 saturated heterocycles. The highest BCUT2D eigenvalue weighted by Crippen LogP contribution is 2.24. The topological polar surface area (TPSA) is 45.0 Å². The smallest absolute Gasteiger partial charge is 0.103 e. The van der Waals surface area contributed by atoms with Crippen LogP contribution in [0.2, 0.25) is 0 Å². The fraction of sp³-hybridized carbons (Fsp3) is 0.417. The molecule has 0 aliphatic rings. The average Bonchev–Trinajstić information content (AvgIpc) is 2.26. The molecule has 0 heterocycles. The van der Waals surface area contributed by atoms with Gasteiger partial charge in [-0.3, -0.25) is 0 Å². The summed E-state index contributed by atoms with van der Waals surface area (Å²) in [6, 6.07) is 7.80. The molecule has 0 unspecified atom stereocenters. The highest BCUT2D eigenvalue weighted by molar-refractivity contribution is 9.10. The number of nitrogens with one attached hydrogen (secondary N) is 1. The van der Waals surface area contributed by atoms with Gasteiger partial charge in [0.2, 0.25) is 0 Å². The van der Waals surface area contributed by atoms with E-state index in [1.165, 1.54) is 0 Å². The van der Waals surface area contributed by atoms with Crippen LogP contribution in [0.4, 0.5) is 5.69 Å². The fourth-order valence-corrected chi connectivity index (χ4v) is 1.62. The molecule has 16 heavy (non-hydrogen) atoms. The molecule has 0 atom stereocenters. The number of benzene rings is 1. The second-order valence-corrected chi connectivity index (χ2v) is 4.95. The predicted molar refractivity (Wildman–Crippen MR) is 68.4 cm³/mol. The van der Waals surface area contributed by atoms with Crippen molar-refractivity contribution in [1.29, 1.82) is 5.26 Å². The molecule has 0 radical (unpaired) electrons. The van der Waals surface area contributed by atoms with Crippen molar-refractivity contribution in [3.8, 4) is 6.07 Å². The normalized spacial score (nSPS) is 10.9. The lowest BCUT2D eigenvalue weighted by atomic mass is 10.1. The Morgan fingerprint density at radius 2 is 2.19 bits per heavy atom. The minimum absolute atomic E-state index is 0.255. The van der Waals surface area contributed by atoms with Gasteiger partial charge in [-0.05, 0) is 41.9 Å². The van der Waals surface area contributed by atoms with Crippen LogP contribution >= 0.6 is 15.9 Å². The summed E-state index contributed by atoms with van der Waals surface area (Å²) in [5, 5.41) is 12.3. The van der Waals surface area contributed by atoms with Gasteiger partial charge in [0.1, 0.15) is 6.07 Å². The maximum absolute atomic E-state index is 9.03. The summed E-state index contributed by atoms with van der Waals surface area (Å²) in [6.45, 7) is 4.63. The first-order valence-corrected chi connectivity index (χ1v) is 5.77. The lowest BCUT2D eigenvalue weighted by Crippen LogP contribution is -2.32. The Bertz CT molecular complexity index is 410. The number of rotatable bonds is 4. The number of hydrogen-bond donors (Lipinski definition) is 1. The summed E-state index contributed by atoms with van der Waals surface area (Å²) < 4.78 is 6.11. The van der Waals surface area contributed by atoms with Gasteiger partial charge < -0.3 is 10.1 Å². The van der Waals surface area contributed by atoms with Gasteiger partial charge >= 0.3 is 0 Å². The van der Waals surface area contributed by atoms with Crippen molar-refractivity contribution in [3.05, 3.63) is 28.2 Å². The number of methoxy groups -OCH3 is 1. The molecule has 1 rings (SSSR count). The van der Waals surface area contributed by atoms with E-state index in [1.54, 1.807) is 7.11 Å². The third-order valence-electron chi connectivity index (χ3n) is 2.38. The molecule has 0 fully saturated rings. The minimum Gasteiger partial charge on any atom is -0.381 e. The summed E-state index contributed by atoms with van der Waals surface area (Å²) in [4.78, 5) is 0. The van der Waals surface area contributed by atoms with E-state index in [2.05, 4.69) is 27.3 Å². The maximum atomic E-state index is 9.03. The van der Waals surface area contributed by atoms with Crippen LogP contribution in [0.1, 0.15) is 19.4 Å². The Morgan fingerprint density at radius 1 is 1.50 bits per heavy atom. The van der Waals surface area contributed by atoms with Gasteiger partial charge in [-0.25, -0.2) is 0 Å². The Balaban J connectivity index is 2.83. The first-order valence-electron chi connectivity index (χ1n) is 4.98. The van der Waals surface area contributed by atoms with Crippen molar-refractivity contribution in [2.24, 2.45) is 0 Å². The second kappa shape index (κ2) is 5.33. The predicted octanol–water partition coefficient (Wildman–Crippen LogP) is 3.16. The quantitative estimate of drug-likeness (QED) is 0.923. The summed E-state index contributed by atoms with van der Waals surface area (Å²) in [6.07, 6.45) is 0. The largest absolute Gasteiger partial charge is 0.381 e. The van der Waals surface area contributed by atoms with Crippen LogP contribution in [0.15, 0.2) is 22.7 Å². The maximum Gasteiger partial charge on any atom is 0.103 e. The highest BCUT2D eigenvalue weighted by Gasteiger charge is 2.16. The van der Waals surface area contributed by atoms with Crippen LogP contribution in [-0.2, 0) is 4.74 Å². The molecule has 3 nitrogen and oxygen atoms in total. The first kappa shape index (κ1) is 13.0. The average molecular weight is 283 g/mol. The zero-order valence-electron chi connectivity index (χ0n) is 9.67. The van der Waals surface area contributed by atoms with Crippen LogP contribution < -0.4 is 5.32 Å². The van der Waals surface area contributed by atoms with Gasteiger partial charge in [0, 0.05) is 18.1 Å².